The van der Waals surface area contributed by atoms with E-state index in [9.17, 15) is 22.8 Å². The minimum absolute atomic E-state index is 0.124. The summed E-state index contributed by atoms with van der Waals surface area (Å²) < 4.78 is 39.8. The Morgan fingerprint density at radius 3 is 2.33 bits per heavy atom. The van der Waals surface area contributed by atoms with Crippen LogP contribution in [0.5, 0.6) is 0 Å². The molecule has 0 saturated carbocycles. The Morgan fingerprint density at radius 2 is 1.79 bits per heavy atom. The van der Waals surface area contributed by atoms with Crippen molar-refractivity contribution in [2.24, 2.45) is 5.41 Å². The lowest BCUT2D eigenvalue weighted by Gasteiger charge is -2.34. The van der Waals surface area contributed by atoms with Crippen LogP contribution in [-0.4, -0.2) is 49.6 Å². The fourth-order valence-corrected chi connectivity index (χ4v) is 4.50. The number of hydrogen-bond acceptors (Lipinski definition) is 5. The summed E-state index contributed by atoms with van der Waals surface area (Å²) in [5.41, 5.74) is 1.81. The van der Waals surface area contributed by atoms with E-state index >= 15 is 0 Å². The molecule has 39 heavy (non-hydrogen) atoms. The Morgan fingerprint density at radius 1 is 1.05 bits per heavy atom. The summed E-state index contributed by atoms with van der Waals surface area (Å²) in [5, 5.41) is 6.91. The van der Waals surface area contributed by atoms with Crippen molar-refractivity contribution in [3.8, 4) is 5.82 Å². The minimum Gasteiger partial charge on any atom is -0.342 e. The van der Waals surface area contributed by atoms with E-state index in [0.717, 1.165) is 42.8 Å². The molecule has 0 bridgehead atoms. The molecule has 4 rings (SSSR count). The van der Waals surface area contributed by atoms with E-state index in [4.69, 9.17) is 0 Å². The van der Waals surface area contributed by atoms with Crippen molar-refractivity contribution in [1.82, 2.24) is 24.6 Å². The van der Waals surface area contributed by atoms with Crippen molar-refractivity contribution >= 4 is 23.1 Å². The number of hydrogen-bond donors (Lipinski definition) is 1. The standard InChI is InChI=1S/C28H31F3N6O2/c1-17-22(16-34-37(17)24-13-8-19(14-33-24)28(29,30)31)25(38)35-20-9-12-23(32-15-20)18-6-10-21(11-7-18)36(5)26(39)27(2,3)4/h6,8-9,12-16,21H,7,10-11H2,1-5H3,(H,35,38). The van der Waals surface area contributed by atoms with Gasteiger partial charge in [-0.15, -0.1) is 0 Å². The normalized spacial score (nSPS) is 16.0. The van der Waals surface area contributed by atoms with Crippen LogP contribution in [0.25, 0.3) is 11.4 Å². The second-order valence-electron chi connectivity index (χ2n) is 10.7. The number of carbonyl (C=O) groups excluding carboxylic acids is 2. The summed E-state index contributed by atoms with van der Waals surface area (Å²) in [6.07, 6.45) is 3.68. The first-order chi connectivity index (χ1) is 18.3. The molecule has 0 aromatic carbocycles. The molecular weight excluding hydrogens is 509 g/mol. The lowest BCUT2D eigenvalue weighted by Crippen LogP contribution is -2.43. The van der Waals surface area contributed by atoms with Crippen LogP contribution in [0.3, 0.4) is 0 Å². The fourth-order valence-electron chi connectivity index (χ4n) is 4.50. The third kappa shape index (κ3) is 6.18. The maximum absolute atomic E-state index is 12.9. The number of rotatable bonds is 5. The second kappa shape index (κ2) is 10.6. The maximum atomic E-state index is 12.9. The Hall–Kier alpha value is -4.02. The van der Waals surface area contributed by atoms with Gasteiger partial charge in [-0.25, -0.2) is 9.67 Å². The molecule has 8 nitrogen and oxygen atoms in total. The predicted molar refractivity (Wildman–Crippen MR) is 141 cm³/mol. The van der Waals surface area contributed by atoms with Gasteiger partial charge in [0.1, 0.15) is 0 Å². The van der Waals surface area contributed by atoms with Gasteiger partial charge in [0.25, 0.3) is 5.91 Å². The molecule has 1 aliphatic rings. The molecule has 3 heterocycles. The van der Waals surface area contributed by atoms with Crippen LogP contribution < -0.4 is 5.32 Å². The summed E-state index contributed by atoms with van der Waals surface area (Å²) in [7, 11) is 1.86. The first-order valence-electron chi connectivity index (χ1n) is 12.6. The zero-order chi connectivity index (χ0) is 28.5. The van der Waals surface area contributed by atoms with Crippen LogP contribution in [0.2, 0.25) is 0 Å². The zero-order valence-electron chi connectivity index (χ0n) is 22.5. The molecule has 2 amide bonds. The van der Waals surface area contributed by atoms with Crippen LogP contribution in [-0.2, 0) is 11.0 Å². The molecule has 0 spiro atoms. The van der Waals surface area contributed by atoms with Gasteiger partial charge in [-0.2, -0.15) is 18.3 Å². The molecule has 1 N–H and O–H groups in total. The van der Waals surface area contributed by atoms with Crippen molar-refractivity contribution < 1.29 is 22.8 Å². The van der Waals surface area contributed by atoms with E-state index in [1.165, 1.54) is 16.9 Å². The molecule has 3 aromatic heterocycles. The third-order valence-electron chi connectivity index (χ3n) is 6.79. The number of amides is 2. The lowest BCUT2D eigenvalue weighted by molar-refractivity contribution is -0.140. The van der Waals surface area contributed by atoms with Crippen molar-refractivity contribution in [3.05, 3.63) is 71.4 Å². The maximum Gasteiger partial charge on any atom is 0.417 e. The molecular formula is C28H31F3N6O2. The number of nitrogens with one attached hydrogen (secondary N) is 1. The fraction of sp³-hybridized carbons (Fsp3) is 0.393. The predicted octanol–water partition coefficient (Wildman–Crippen LogP) is 5.68. The summed E-state index contributed by atoms with van der Waals surface area (Å²) >= 11 is 0. The summed E-state index contributed by atoms with van der Waals surface area (Å²) in [5.74, 6) is -0.131. The Balaban J connectivity index is 1.40. The number of anilines is 1. The highest BCUT2D eigenvalue weighted by atomic mass is 19.4. The monoisotopic (exact) mass is 540 g/mol. The van der Waals surface area contributed by atoms with Gasteiger partial charge in [0.05, 0.1) is 40.6 Å². The molecule has 0 saturated heterocycles. The first-order valence-corrected chi connectivity index (χ1v) is 12.6. The molecule has 1 aliphatic carbocycles. The average Bonchev–Trinajstić information content (AvgIpc) is 3.28. The van der Waals surface area contributed by atoms with Crippen LogP contribution >= 0.6 is 0 Å². The topological polar surface area (TPSA) is 93.0 Å². The number of aromatic nitrogens is 4. The Kier molecular flexibility index (Phi) is 7.63. The molecule has 0 fully saturated rings. The van der Waals surface area contributed by atoms with Gasteiger partial charge in [0.2, 0.25) is 5.91 Å². The smallest absolute Gasteiger partial charge is 0.342 e. The molecule has 11 heteroatoms. The van der Waals surface area contributed by atoms with Crippen molar-refractivity contribution in [2.75, 3.05) is 12.4 Å². The number of pyridine rings is 2. The van der Waals surface area contributed by atoms with Gasteiger partial charge in [0.15, 0.2) is 5.82 Å². The SMILES string of the molecule is Cc1c(C(=O)Nc2ccc(C3=CCC(N(C)C(=O)C(C)(C)C)CC3)nc2)cnn1-c1ccc(C(F)(F)F)cn1. The van der Waals surface area contributed by atoms with Crippen molar-refractivity contribution in [2.45, 2.75) is 59.2 Å². The minimum atomic E-state index is -4.49. The van der Waals surface area contributed by atoms with Gasteiger partial charge in [0, 0.05) is 24.7 Å². The number of alkyl halides is 3. The van der Waals surface area contributed by atoms with E-state index < -0.39 is 23.1 Å². The highest BCUT2D eigenvalue weighted by Gasteiger charge is 2.31. The number of carbonyl (C=O) groups is 2. The van der Waals surface area contributed by atoms with Crippen LogP contribution in [0.15, 0.2) is 48.9 Å². The Bertz CT molecular complexity index is 1390. The highest BCUT2D eigenvalue weighted by Crippen LogP contribution is 2.31. The third-order valence-corrected chi connectivity index (χ3v) is 6.79. The van der Waals surface area contributed by atoms with Crippen LogP contribution in [0.1, 0.15) is 67.3 Å². The number of nitrogens with zero attached hydrogens (tertiary/aromatic N) is 5. The van der Waals surface area contributed by atoms with E-state index in [-0.39, 0.29) is 23.3 Å². The van der Waals surface area contributed by atoms with Gasteiger partial charge >= 0.3 is 6.18 Å². The zero-order valence-corrected chi connectivity index (χ0v) is 22.5. The second-order valence-corrected chi connectivity index (χ2v) is 10.7. The molecule has 1 atom stereocenters. The average molecular weight is 541 g/mol. The molecule has 3 aromatic rings. The molecule has 206 valence electrons. The number of halogens is 3. The van der Waals surface area contributed by atoms with Gasteiger partial charge in [-0.05, 0) is 56.0 Å². The highest BCUT2D eigenvalue weighted by molar-refractivity contribution is 6.04. The van der Waals surface area contributed by atoms with Crippen molar-refractivity contribution in [1.29, 1.82) is 0 Å². The first kappa shape index (κ1) is 28.0. The van der Waals surface area contributed by atoms with E-state index in [0.29, 0.717) is 11.4 Å². The molecule has 1 unspecified atom stereocenters. The number of allylic oxidation sites excluding steroid dienone is 1. The van der Waals surface area contributed by atoms with Crippen molar-refractivity contribution in [3.63, 3.8) is 0 Å². The lowest BCUT2D eigenvalue weighted by atomic mass is 9.89. The molecule has 0 radical (unpaired) electrons. The van der Waals surface area contributed by atoms with E-state index in [1.54, 1.807) is 19.2 Å². The summed E-state index contributed by atoms with van der Waals surface area (Å²) in [6.45, 7) is 7.40. The quantitative estimate of drug-likeness (QED) is 0.449. The largest absolute Gasteiger partial charge is 0.417 e. The summed E-state index contributed by atoms with van der Waals surface area (Å²) in [6, 6.07) is 5.88. The van der Waals surface area contributed by atoms with Gasteiger partial charge in [-0.3, -0.25) is 14.6 Å². The van der Waals surface area contributed by atoms with Crippen LogP contribution in [0, 0.1) is 12.3 Å². The molecule has 0 aliphatic heterocycles. The van der Waals surface area contributed by atoms with Gasteiger partial charge in [-0.1, -0.05) is 26.8 Å². The van der Waals surface area contributed by atoms with Crippen LogP contribution in [0.4, 0.5) is 18.9 Å². The van der Waals surface area contributed by atoms with E-state index in [1.807, 2.05) is 38.8 Å². The van der Waals surface area contributed by atoms with E-state index in [2.05, 4.69) is 26.5 Å². The summed E-state index contributed by atoms with van der Waals surface area (Å²) in [4.78, 5) is 35.7. The Labute approximate surface area is 225 Å². The van der Waals surface area contributed by atoms with Gasteiger partial charge < -0.3 is 10.2 Å².